The SMILES string of the molecule is CSC(C)CCNCC(=O)Nc1cccc(C)c1. The highest BCUT2D eigenvalue weighted by Gasteiger charge is 2.03. The summed E-state index contributed by atoms with van der Waals surface area (Å²) in [5, 5.41) is 6.67. The van der Waals surface area contributed by atoms with E-state index in [9.17, 15) is 4.79 Å². The van der Waals surface area contributed by atoms with Crippen molar-refractivity contribution < 1.29 is 4.79 Å². The molecule has 1 aromatic rings. The summed E-state index contributed by atoms with van der Waals surface area (Å²) in [6, 6.07) is 7.82. The highest BCUT2D eigenvalue weighted by atomic mass is 32.2. The van der Waals surface area contributed by atoms with Crippen molar-refractivity contribution in [1.29, 1.82) is 0 Å². The first-order valence-corrected chi connectivity index (χ1v) is 7.50. The lowest BCUT2D eigenvalue weighted by Gasteiger charge is -2.09. The minimum Gasteiger partial charge on any atom is -0.325 e. The second-order valence-electron chi connectivity index (χ2n) is 4.43. The molecule has 0 saturated heterocycles. The molecule has 0 radical (unpaired) electrons. The Hall–Kier alpha value is -1.00. The smallest absolute Gasteiger partial charge is 0.238 e. The summed E-state index contributed by atoms with van der Waals surface area (Å²) in [6.07, 6.45) is 3.19. The fourth-order valence-electron chi connectivity index (χ4n) is 1.55. The first kappa shape index (κ1) is 15.1. The van der Waals surface area contributed by atoms with Crippen LogP contribution >= 0.6 is 11.8 Å². The molecule has 2 N–H and O–H groups in total. The zero-order valence-electron chi connectivity index (χ0n) is 11.3. The van der Waals surface area contributed by atoms with Gasteiger partial charge in [-0.3, -0.25) is 4.79 Å². The lowest BCUT2D eigenvalue weighted by atomic mass is 10.2. The average Bonchev–Trinajstić information content (AvgIpc) is 2.34. The predicted octanol–water partition coefficient (Wildman–Crippen LogP) is 2.66. The Kier molecular flexibility index (Phi) is 6.83. The number of nitrogens with one attached hydrogen (secondary N) is 2. The summed E-state index contributed by atoms with van der Waals surface area (Å²) in [5.41, 5.74) is 2.01. The molecule has 0 bridgehead atoms. The average molecular weight is 266 g/mol. The fraction of sp³-hybridized carbons (Fsp3) is 0.500. The largest absolute Gasteiger partial charge is 0.325 e. The number of carbonyl (C=O) groups excluding carboxylic acids is 1. The van der Waals surface area contributed by atoms with Gasteiger partial charge >= 0.3 is 0 Å². The van der Waals surface area contributed by atoms with Crippen LogP contribution in [-0.4, -0.2) is 30.5 Å². The maximum atomic E-state index is 11.7. The molecule has 1 rings (SSSR count). The molecule has 100 valence electrons. The molecule has 0 aliphatic rings. The van der Waals surface area contributed by atoms with Gasteiger partial charge in [0.05, 0.1) is 6.54 Å². The maximum Gasteiger partial charge on any atom is 0.238 e. The summed E-state index contributed by atoms with van der Waals surface area (Å²) >= 11 is 1.85. The summed E-state index contributed by atoms with van der Waals surface area (Å²) in [4.78, 5) is 11.7. The van der Waals surface area contributed by atoms with Crippen molar-refractivity contribution in [1.82, 2.24) is 5.32 Å². The molecule has 18 heavy (non-hydrogen) atoms. The van der Waals surface area contributed by atoms with Gasteiger partial charge in [0.25, 0.3) is 0 Å². The number of carbonyl (C=O) groups is 1. The topological polar surface area (TPSA) is 41.1 Å². The third-order valence-corrected chi connectivity index (χ3v) is 3.76. The van der Waals surface area contributed by atoms with Crippen LogP contribution in [0.4, 0.5) is 5.69 Å². The number of thioether (sulfide) groups is 1. The minimum absolute atomic E-state index is 0.0115. The zero-order chi connectivity index (χ0) is 13.4. The highest BCUT2D eigenvalue weighted by molar-refractivity contribution is 7.99. The van der Waals surface area contributed by atoms with Crippen molar-refractivity contribution in [3.8, 4) is 0 Å². The van der Waals surface area contributed by atoms with E-state index in [2.05, 4.69) is 23.8 Å². The van der Waals surface area contributed by atoms with Gasteiger partial charge in [0, 0.05) is 10.9 Å². The molecule has 1 atom stereocenters. The molecule has 4 heteroatoms. The van der Waals surface area contributed by atoms with Gasteiger partial charge in [-0.2, -0.15) is 11.8 Å². The van der Waals surface area contributed by atoms with E-state index in [4.69, 9.17) is 0 Å². The van der Waals surface area contributed by atoms with Crippen LogP contribution in [0.5, 0.6) is 0 Å². The van der Waals surface area contributed by atoms with Gasteiger partial charge < -0.3 is 10.6 Å². The number of hydrogen-bond donors (Lipinski definition) is 2. The minimum atomic E-state index is 0.0115. The highest BCUT2D eigenvalue weighted by Crippen LogP contribution is 2.09. The zero-order valence-corrected chi connectivity index (χ0v) is 12.1. The first-order chi connectivity index (χ1) is 8.61. The van der Waals surface area contributed by atoms with Crippen LogP contribution in [0.25, 0.3) is 0 Å². The molecular formula is C14H22N2OS. The predicted molar refractivity (Wildman–Crippen MR) is 80.3 cm³/mol. The van der Waals surface area contributed by atoms with Gasteiger partial charge in [-0.15, -0.1) is 0 Å². The van der Waals surface area contributed by atoms with Gasteiger partial charge in [0.2, 0.25) is 5.91 Å². The number of anilines is 1. The quantitative estimate of drug-likeness (QED) is 0.746. The molecule has 0 aromatic heterocycles. The number of hydrogen-bond acceptors (Lipinski definition) is 3. The van der Waals surface area contributed by atoms with E-state index in [-0.39, 0.29) is 5.91 Å². The van der Waals surface area contributed by atoms with E-state index in [1.807, 2.05) is 43.0 Å². The van der Waals surface area contributed by atoms with Crippen LogP contribution < -0.4 is 10.6 Å². The van der Waals surface area contributed by atoms with E-state index >= 15 is 0 Å². The number of rotatable bonds is 7. The molecule has 1 unspecified atom stereocenters. The Labute approximate surface area is 114 Å². The number of amides is 1. The molecule has 0 spiro atoms. The van der Waals surface area contributed by atoms with Crippen LogP contribution in [0.15, 0.2) is 24.3 Å². The first-order valence-electron chi connectivity index (χ1n) is 6.22. The number of aryl methyl sites for hydroxylation is 1. The van der Waals surface area contributed by atoms with E-state index in [0.29, 0.717) is 11.8 Å². The van der Waals surface area contributed by atoms with Crippen molar-refractivity contribution in [3.63, 3.8) is 0 Å². The summed E-state index contributed by atoms with van der Waals surface area (Å²) in [7, 11) is 0. The molecule has 1 aromatic carbocycles. The standard InChI is InChI=1S/C14H22N2OS/c1-11-5-4-6-13(9-11)16-14(17)10-15-8-7-12(2)18-3/h4-6,9,12,15H,7-8,10H2,1-3H3,(H,16,17). The van der Waals surface area contributed by atoms with E-state index in [1.54, 1.807) is 0 Å². The van der Waals surface area contributed by atoms with Crippen molar-refractivity contribution in [2.24, 2.45) is 0 Å². The summed E-state index contributed by atoms with van der Waals surface area (Å²) in [5.74, 6) is 0.0115. The van der Waals surface area contributed by atoms with Crippen molar-refractivity contribution in [2.75, 3.05) is 24.7 Å². The second-order valence-corrected chi connectivity index (χ2v) is 5.71. The van der Waals surface area contributed by atoms with Crippen molar-refractivity contribution in [2.45, 2.75) is 25.5 Å². The fourth-order valence-corrected chi connectivity index (χ4v) is 1.91. The van der Waals surface area contributed by atoms with Crippen molar-refractivity contribution in [3.05, 3.63) is 29.8 Å². The van der Waals surface area contributed by atoms with Crippen LogP contribution in [0, 0.1) is 6.92 Å². The van der Waals surface area contributed by atoms with Crippen LogP contribution in [0.2, 0.25) is 0 Å². The molecule has 1 amide bonds. The van der Waals surface area contributed by atoms with Gasteiger partial charge in [-0.1, -0.05) is 19.1 Å². The Bertz CT molecular complexity index is 382. The van der Waals surface area contributed by atoms with E-state index < -0.39 is 0 Å². The summed E-state index contributed by atoms with van der Waals surface area (Å²) < 4.78 is 0. The van der Waals surface area contributed by atoms with Crippen LogP contribution in [-0.2, 0) is 4.79 Å². The van der Waals surface area contributed by atoms with Gasteiger partial charge in [-0.05, 0) is 43.8 Å². The van der Waals surface area contributed by atoms with E-state index in [1.165, 1.54) is 0 Å². The van der Waals surface area contributed by atoms with Crippen LogP contribution in [0.3, 0.4) is 0 Å². The lowest BCUT2D eigenvalue weighted by molar-refractivity contribution is -0.115. The molecule has 0 fully saturated rings. The molecule has 0 saturated carbocycles. The third-order valence-electron chi connectivity index (χ3n) is 2.72. The molecule has 0 heterocycles. The Morgan fingerprint density at radius 3 is 2.89 bits per heavy atom. The summed E-state index contributed by atoms with van der Waals surface area (Å²) in [6.45, 7) is 5.45. The molecule has 0 aliphatic heterocycles. The number of benzene rings is 1. The maximum absolute atomic E-state index is 11.7. The lowest BCUT2D eigenvalue weighted by Crippen LogP contribution is -2.29. The Morgan fingerprint density at radius 1 is 1.44 bits per heavy atom. The molecular weight excluding hydrogens is 244 g/mol. The van der Waals surface area contributed by atoms with Gasteiger partial charge in [-0.25, -0.2) is 0 Å². The second kappa shape index (κ2) is 8.16. The monoisotopic (exact) mass is 266 g/mol. The van der Waals surface area contributed by atoms with E-state index in [0.717, 1.165) is 24.2 Å². The Morgan fingerprint density at radius 2 is 2.22 bits per heavy atom. The van der Waals surface area contributed by atoms with Gasteiger partial charge in [0.1, 0.15) is 0 Å². The van der Waals surface area contributed by atoms with Gasteiger partial charge in [0.15, 0.2) is 0 Å². The van der Waals surface area contributed by atoms with Crippen molar-refractivity contribution >= 4 is 23.4 Å². The molecule has 3 nitrogen and oxygen atoms in total. The Balaban J connectivity index is 2.22. The van der Waals surface area contributed by atoms with Crippen LogP contribution in [0.1, 0.15) is 18.9 Å². The normalized spacial score (nSPS) is 12.2. The molecule has 0 aliphatic carbocycles. The third kappa shape index (κ3) is 6.07.